The lowest BCUT2D eigenvalue weighted by atomic mass is 9.75. The van der Waals surface area contributed by atoms with E-state index in [4.69, 9.17) is 33.2 Å². The number of esters is 1. The third-order valence-electron chi connectivity index (χ3n) is 12.6. The third-order valence-corrected chi connectivity index (χ3v) is 12.6. The molecule has 16 nitrogen and oxygen atoms in total. The van der Waals surface area contributed by atoms with Crippen molar-refractivity contribution < 1.29 is 73.4 Å². The highest BCUT2D eigenvalue weighted by atomic mass is 16.7. The van der Waals surface area contributed by atoms with Crippen molar-refractivity contribution in [2.75, 3.05) is 27.3 Å². The Kier molecular flexibility index (Phi) is 15.1. The molecule has 6 N–H and O–H groups in total. The third kappa shape index (κ3) is 9.32. The molecule has 0 saturated carbocycles. The van der Waals surface area contributed by atoms with Crippen LogP contribution in [0, 0.1) is 17.8 Å². The van der Waals surface area contributed by atoms with E-state index in [1.807, 2.05) is 6.92 Å². The van der Waals surface area contributed by atoms with Crippen LogP contribution in [-0.4, -0.2) is 165 Å². The summed E-state index contributed by atoms with van der Waals surface area (Å²) >= 11 is 0. The number of methoxy groups -OCH3 is 2. The van der Waals surface area contributed by atoms with Gasteiger partial charge >= 0.3 is 5.97 Å². The Morgan fingerprint density at radius 2 is 1.46 bits per heavy atom. The topological polar surface area (TPSA) is 223 Å². The maximum atomic E-state index is 14.1. The molecule has 0 aromatic rings. The molecule has 54 heavy (non-hydrogen) atoms. The van der Waals surface area contributed by atoms with Gasteiger partial charge in [0.05, 0.1) is 29.8 Å². The lowest BCUT2D eigenvalue weighted by molar-refractivity contribution is -0.348. The molecular weight excluding hydrogens is 710 g/mol. The van der Waals surface area contributed by atoms with Crippen LogP contribution in [0.5, 0.6) is 0 Å². The van der Waals surface area contributed by atoms with Crippen LogP contribution in [0.25, 0.3) is 0 Å². The number of cyclic esters (lactones) is 1. The number of ketones is 1. The Morgan fingerprint density at radius 1 is 0.852 bits per heavy atom. The van der Waals surface area contributed by atoms with Gasteiger partial charge in [-0.3, -0.25) is 14.5 Å². The predicted molar refractivity (Wildman–Crippen MR) is 192 cm³/mol. The summed E-state index contributed by atoms with van der Waals surface area (Å²) in [6.45, 7) is 14.5. The summed E-state index contributed by atoms with van der Waals surface area (Å²) in [6.07, 6.45) is -12.1. The zero-order chi connectivity index (χ0) is 40.5. The second kappa shape index (κ2) is 18.0. The van der Waals surface area contributed by atoms with Crippen molar-refractivity contribution in [3.05, 3.63) is 0 Å². The number of carbonyl (C=O) groups excluding carboxylic acids is 2. The number of ether oxygens (including phenoxy) is 7. The van der Waals surface area contributed by atoms with Crippen LogP contribution < -0.4 is 0 Å². The van der Waals surface area contributed by atoms with E-state index in [0.717, 1.165) is 25.9 Å². The summed E-state index contributed by atoms with van der Waals surface area (Å²) in [5, 5.41) is 67.0. The zero-order valence-corrected chi connectivity index (χ0v) is 33.6. The highest BCUT2D eigenvalue weighted by Gasteiger charge is 2.54. The molecule has 314 valence electrons. The molecule has 4 rings (SSSR count). The van der Waals surface area contributed by atoms with Crippen LogP contribution in [0.4, 0.5) is 0 Å². The lowest BCUT2D eigenvalue weighted by Crippen LogP contribution is -2.62. The summed E-state index contributed by atoms with van der Waals surface area (Å²) in [7, 11) is 2.81. The van der Waals surface area contributed by atoms with Gasteiger partial charge < -0.3 is 63.8 Å². The summed E-state index contributed by atoms with van der Waals surface area (Å²) in [5.41, 5.74) is -4.95. The van der Waals surface area contributed by atoms with Crippen molar-refractivity contribution in [3.8, 4) is 0 Å². The Hall–Kier alpha value is -1.38. The first-order chi connectivity index (χ1) is 25.1. The van der Waals surface area contributed by atoms with E-state index in [1.54, 1.807) is 41.5 Å². The van der Waals surface area contributed by atoms with Crippen molar-refractivity contribution in [3.63, 3.8) is 0 Å². The van der Waals surface area contributed by atoms with E-state index in [0.29, 0.717) is 6.42 Å². The fourth-order valence-electron chi connectivity index (χ4n) is 8.88. The Balaban J connectivity index is 1.84. The maximum Gasteiger partial charge on any atom is 0.311 e. The van der Waals surface area contributed by atoms with Crippen LogP contribution in [0.1, 0.15) is 93.9 Å². The summed E-state index contributed by atoms with van der Waals surface area (Å²) in [5.74, 6) is -4.59. The number of hydrogen-bond acceptors (Lipinski definition) is 16. The molecule has 4 heterocycles. The SMILES string of the molecule is CC[C@H]1OC(=O)[C@H](C)[C@H](OC2C[C@@](C)(OC)[C@@H](O)[C@H](O)O2)[C@H](C)[C@@H](O[C@@H]2O[C@H](C)C[C@H](N3CCCC3)[C@H]2O)[C@](C)(OC)C[C@@H](C)C(=O)[C@H](O)[C@@H](O)[C@]1(C)O. The molecule has 4 saturated heterocycles. The Morgan fingerprint density at radius 3 is 2.04 bits per heavy atom. The minimum Gasteiger partial charge on any atom is -0.459 e. The molecule has 18 atom stereocenters. The number of likely N-dealkylation sites (tertiary alicyclic amines) is 1. The molecule has 0 radical (unpaired) electrons. The number of nitrogens with zero attached hydrogens (tertiary/aromatic N) is 1. The molecule has 16 heteroatoms. The fraction of sp³-hybridized carbons (Fsp3) is 0.947. The summed E-state index contributed by atoms with van der Waals surface area (Å²) in [4.78, 5) is 30.1. The fourth-order valence-corrected chi connectivity index (χ4v) is 8.88. The minimum atomic E-state index is -2.24. The van der Waals surface area contributed by atoms with Gasteiger partial charge in [-0.2, -0.15) is 0 Å². The monoisotopic (exact) mass is 777 g/mol. The number of rotatable bonds is 8. The molecule has 0 spiro atoms. The number of Topliss-reactive ketones (excluding diaryl/α,β-unsaturated/α-hetero) is 1. The van der Waals surface area contributed by atoms with Crippen LogP contribution in [0.3, 0.4) is 0 Å². The average Bonchev–Trinajstić information content (AvgIpc) is 3.68. The molecule has 0 aromatic heterocycles. The first kappa shape index (κ1) is 45.3. The number of carbonyl (C=O) groups is 2. The van der Waals surface area contributed by atoms with Crippen molar-refractivity contribution in [1.29, 1.82) is 0 Å². The van der Waals surface area contributed by atoms with E-state index < -0.39 is 108 Å². The second-order valence-electron chi connectivity index (χ2n) is 16.8. The van der Waals surface area contributed by atoms with Gasteiger partial charge in [0.25, 0.3) is 0 Å². The van der Waals surface area contributed by atoms with Crippen molar-refractivity contribution in [2.24, 2.45) is 17.8 Å². The number of aliphatic hydroxyl groups is 6. The molecular formula is C38H67NO15. The van der Waals surface area contributed by atoms with Crippen molar-refractivity contribution in [2.45, 2.75) is 184 Å². The molecule has 4 fully saturated rings. The van der Waals surface area contributed by atoms with Crippen LogP contribution in [-0.2, 0) is 42.7 Å². The smallest absolute Gasteiger partial charge is 0.311 e. The van der Waals surface area contributed by atoms with Gasteiger partial charge in [0.2, 0.25) is 0 Å². The van der Waals surface area contributed by atoms with Gasteiger partial charge in [0, 0.05) is 38.5 Å². The van der Waals surface area contributed by atoms with Gasteiger partial charge in [-0.1, -0.05) is 20.8 Å². The molecule has 0 aliphatic carbocycles. The molecule has 0 amide bonds. The standard InChI is InChI=1S/C38H67NO15/c1-11-24-38(8,47)30(43)28(42)26(40)19(2)17-37(7,49-10)32(54-35-27(41)23(16-20(3)50-35)39-14-12-13-15-39)21(4)29(22(5)33(45)51-24)52-25-18-36(6,48-9)31(44)34(46)53-25/h19-25,27-32,34-35,41-44,46-47H,11-18H2,1-10H3/t19-,20-,21+,22-,23+,24-,25?,27-,28+,29-,30-,31+,32-,34-,35+,36-,37-,38-/m1/s1. The Bertz CT molecular complexity index is 1250. The van der Waals surface area contributed by atoms with Gasteiger partial charge in [0.1, 0.15) is 41.7 Å². The predicted octanol–water partition coefficient (Wildman–Crippen LogP) is 0.629. The van der Waals surface area contributed by atoms with Gasteiger partial charge in [0.15, 0.2) is 24.7 Å². The highest BCUT2D eigenvalue weighted by molar-refractivity contribution is 5.85. The van der Waals surface area contributed by atoms with Crippen LogP contribution in [0.15, 0.2) is 0 Å². The normalized spacial score (nSPS) is 49.4. The van der Waals surface area contributed by atoms with Gasteiger partial charge in [-0.25, -0.2) is 0 Å². The van der Waals surface area contributed by atoms with Crippen molar-refractivity contribution in [1.82, 2.24) is 4.90 Å². The highest BCUT2D eigenvalue weighted by Crippen LogP contribution is 2.41. The van der Waals surface area contributed by atoms with Crippen LogP contribution >= 0.6 is 0 Å². The van der Waals surface area contributed by atoms with Gasteiger partial charge in [-0.15, -0.1) is 0 Å². The van der Waals surface area contributed by atoms with Crippen LogP contribution in [0.2, 0.25) is 0 Å². The first-order valence-corrected chi connectivity index (χ1v) is 19.5. The average molecular weight is 778 g/mol. The maximum absolute atomic E-state index is 14.1. The number of hydrogen-bond donors (Lipinski definition) is 6. The first-order valence-electron chi connectivity index (χ1n) is 19.5. The van der Waals surface area contributed by atoms with E-state index in [9.17, 15) is 40.2 Å². The molecule has 4 aliphatic rings. The minimum absolute atomic E-state index is 0.0167. The quantitative estimate of drug-likeness (QED) is 0.186. The summed E-state index contributed by atoms with van der Waals surface area (Å²) < 4.78 is 42.9. The molecule has 1 unspecified atom stereocenters. The van der Waals surface area contributed by atoms with E-state index in [2.05, 4.69) is 4.90 Å². The van der Waals surface area contributed by atoms with Gasteiger partial charge in [-0.05, 0) is 79.8 Å². The Labute approximate surface area is 319 Å². The molecule has 0 bridgehead atoms. The van der Waals surface area contributed by atoms with E-state index >= 15 is 0 Å². The largest absolute Gasteiger partial charge is 0.459 e. The number of aliphatic hydroxyl groups excluding tert-OH is 5. The summed E-state index contributed by atoms with van der Waals surface area (Å²) in [6, 6.07) is -0.254. The van der Waals surface area contributed by atoms with Crippen molar-refractivity contribution >= 4 is 11.8 Å². The van der Waals surface area contributed by atoms with E-state index in [1.165, 1.54) is 21.1 Å². The molecule has 0 aromatic carbocycles. The second-order valence-corrected chi connectivity index (χ2v) is 16.8. The lowest BCUT2D eigenvalue weighted by Gasteiger charge is -2.49. The zero-order valence-electron chi connectivity index (χ0n) is 33.6. The molecule has 4 aliphatic heterocycles. The van der Waals surface area contributed by atoms with E-state index in [-0.39, 0.29) is 31.4 Å².